The van der Waals surface area contributed by atoms with E-state index in [4.69, 9.17) is 4.74 Å². The molecule has 0 radical (unpaired) electrons. The van der Waals surface area contributed by atoms with Crippen LogP contribution in [0.4, 0.5) is 5.00 Å². The highest BCUT2D eigenvalue weighted by Crippen LogP contribution is 2.44. The predicted molar refractivity (Wildman–Crippen MR) is 77.9 cm³/mol. The third-order valence-electron chi connectivity index (χ3n) is 4.13. The molecule has 0 spiro atoms. The molecule has 106 valence electrons. The predicted octanol–water partition coefficient (Wildman–Crippen LogP) is 3.62. The average molecular weight is 282 g/mol. The van der Waals surface area contributed by atoms with Crippen molar-refractivity contribution in [2.75, 3.05) is 18.5 Å². The molecular weight excluding hydrogens is 260 g/mol. The number of esters is 1. The summed E-state index contributed by atoms with van der Waals surface area (Å²) in [6.45, 7) is 7.24. The molecule has 1 aliphatic rings. The van der Waals surface area contributed by atoms with E-state index in [1.807, 2.05) is 13.8 Å². The Kier molecular flexibility index (Phi) is 4.45. The van der Waals surface area contributed by atoms with E-state index >= 15 is 0 Å². The zero-order chi connectivity index (χ0) is 13.9. The van der Waals surface area contributed by atoms with Crippen LogP contribution in [-0.4, -0.2) is 23.5 Å². The first-order valence-corrected chi connectivity index (χ1v) is 7.76. The number of rotatable bonds is 6. The molecule has 0 bridgehead atoms. The summed E-state index contributed by atoms with van der Waals surface area (Å²) in [5.74, 6) is -0.268. The monoisotopic (exact) mass is 282 g/mol. The van der Waals surface area contributed by atoms with E-state index in [0.29, 0.717) is 17.6 Å². The zero-order valence-corrected chi connectivity index (χ0v) is 12.7. The summed E-state index contributed by atoms with van der Waals surface area (Å²) < 4.78 is 9.36. The highest BCUT2D eigenvalue weighted by Gasteiger charge is 2.35. The number of anilines is 1. The molecule has 5 heteroatoms. The van der Waals surface area contributed by atoms with Gasteiger partial charge in [-0.05, 0) is 50.1 Å². The number of carbonyl (C=O) groups excluding carboxylic acids is 1. The third-order valence-corrected chi connectivity index (χ3v) is 5.03. The Labute approximate surface area is 118 Å². The summed E-state index contributed by atoms with van der Waals surface area (Å²) >= 11 is 1.35. The standard InChI is InChI=1S/C14H22N2O2S/c1-4-14(7-6-8-14)9-15-12-11(10(3)16-19-12)13(17)18-5-2/h15H,4-9H2,1-3H3. The molecule has 2 rings (SSSR count). The number of aromatic nitrogens is 1. The molecule has 1 N–H and O–H groups in total. The van der Waals surface area contributed by atoms with Gasteiger partial charge in [-0.3, -0.25) is 0 Å². The topological polar surface area (TPSA) is 51.2 Å². The maximum atomic E-state index is 11.9. The van der Waals surface area contributed by atoms with Gasteiger partial charge >= 0.3 is 5.97 Å². The Morgan fingerprint density at radius 1 is 1.47 bits per heavy atom. The van der Waals surface area contributed by atoms with Crippen molar-refractivity contribution in [1.82, 2.24) is 4.37 Å². The van der Waals surface area contributed by atoms with Gasteiger partial charge in [-0.2, -0.15) is 4.37 Å². The Bertz CT molecular complexity index is 447. The molecule has 4 nitrogen and oxygen atoms in total. The minimum absolute atomic E-state index is 0.268. The largest absolute Gasteiger partial charge is 0.462 e. The highest BCUT2D eigenvalue weighted by atomic mass is 32.1. The molecule has 1 aromatic heterocycles. The maximum absolute atomic E-state index is 11.9. The van der Waals surface area contributed by atoms with E-state index < -0.39 is 0 Å². The van der Waals surface area contributed by atoms with Crippen molar-refractivity contribution in [3.8, 4) is 0 Å². The molecule has 0 unspecified atom stereocenters. The normalized spacial score (nSPS) is 16.8. The first-order chi connectivity index (χ1) is 9.12. The first kappa shape index (κ1) is 14.3. The summed E-state index contributed by atoms with van der Waals surface area (Å²) in [7, 11) is 0. The first-order valence-electron chi connectivity index (χ1n) is 6.99. The second kappa shape index (κ2) is 5.90. The number of nitrogens with zero attached hydrogens (tertiary/aromatic N) is 1. The van der Waals surface area contributed by atoms with Crippen molar-refractivity contribution in [2.24, 2.45) is 5.41 Å². The maximum Gasteiger partial charge on any atom is 0.343 e. The van der Waals surface area contributed by atoms with Crippen LogP contribution in [0.3, 0.4) is 0 Å². The van der Waals surface area contributed by atoms with E-state index in [1.165, 1.54) is 37.2 Å². The van der Waals surface area contributed by atoms with Crippen LogP contribution in [0.25, 0.3) is 0 Å². The van der Waals surface area contributed by atoms with Crippen molar-refractivity contribution < 1.29 is 9.53 Å². The van der Waals surface area contributed by atoms with Gasteiger partial charge in [-0.1, -0.05) is 13.3 Å². The SMILES string of the molecule is CCOC(=O)c1c(C)nsc1NCC1(CC)CCC1. The van der Waals surface area contributed by atoms with Crippen LogP contribution in [0.2, 0.25) is 0 Å². The lowest BCUT2D eigenvalue weighted by atomic mass is 9.67. The van der Waals surface area contributed by atoms with Crippen LogP contribution in [-0.2, 0) is 4.74 Å². The van der Waals surface area contributed by atoms with Gasteiger partial charge in [0, 0.05) is 6.54 Å². The van der Waals surface area contributed by atoms with Crippen LogP contribution in [0.15, 0.2) is 0 Å². The van der Waals surface area contributed by atoms with Crippen LogP contribution >= 0.6 is 11.5 Å². The van der Waals surface area contributed by atoms with Gasteiger partial charge in [0.15, 0.2) is 0 Å². The highest BCUT2D eigenvalue weighted by molar-refractivity contribution is 7.10. The fourth-order valence-corrected chi connectivity index (χ4v) is 3.31. The van der Waals surface area contributed by atoms with Gasteiger partial charge in [0.05, 0.1) is 12.3 Å². The summed E-state index contributed by atoms with van der Waals surface area (Å²) in [5.41, 5.74) is 1.78. The lowest BCUT2D eigenvalue weighted by molar-refractivity contribution is 0.0526. The molecule has 0 aromatic carbocycles. The van der Waals surface area contributed by atoms with Gasteiger partial charge in [0.2, 0.25) is 0 Å². The van der Waals surface area contributed by atoms with Crippen LogP contribution in [0.5, 0.6) is 0 Å². The fraction of sp³-hybridized carbons (Fsp3) is 0.714. The van der Waals surface area contributed by atoms with Gasteiger partial charge in [0.25, 0.3) is 0 Å². The third kappa shape index (κ3) is 2.91. The van der Waals surface area contributed by atoms with E-state index in [9.17, 15) is 4.79 Å². The number of aryl methyl sites for hydroxylation is 1. The smallest absolute Gasteiger partial charge is 0.343 e. The van der Waals surface area contributed by atoms with Crippen molar-refractivity contribution in [3.05, 3.63) is 11.3 Å². The van der Waals surface area contributed by atoms with E-state index in [2.05, 4.69) is 16.6 Å². The van der Waals surface area contributed by atoms with Crippen molar-refractivity contribution >= 4 is 22.5 Å². The average Bonchev–Trinajstić information content (AvgIpc) is 2.70. The quantitative estimate of drug-likeness (QED) is 0.810. The minimum atomic E-state index is -0.268. The summed E-state index contributed by atoms with van der Waals surface area (Å²) in [6.07, 6.45) is 5.07. The second-order valence-corrected chi connectivity index (χ2v) is 6.03. The number of nitrogens with one attached hydrogen (secondary N) is 1. The fourth-order valence-electron chi connectivity index (χ4n) is 2.53. The number of ether oxygens (including phenoxy) is 1. The second-order valence-electron chi connectivity index (χ2n) is 5.25. The zero-order valence-electron chi connectivity index (χ0n) is 11.9. The molecule has 0 aliphatic heterocycles. The molecule has 19 heavy (non-hydrogen) atoms. The lowest BCUT2D eigenvalue weighted by Crippen LogP contribution is -2.35. The van der Waals surface area contributed by atoms with Crippen molar-refractivity contribution in [3.63, 3.8) is 0 Å². The molecular formula is C14H22N2O2S. The van der Waals surface area contributed by atoms with Crippen molar-refractivity contribution in [1.29, 1.82) is 0 Å². The summed E-state index contributed by atoms with van der Waals surface area (Å²) in [6, 6.07) is 0. The van der Waals surface area contributed by atoms with Gasteiger partial charge in [-0.15, -0.1) is 0 Å². The summed E-state index contributed by atoms with van der Waals surface area (Å²) in [5, 5.41) is 4.28. The molecule has 1 aromatic rings. The van der Waals surface area contributed by atoms with Gasteiger partial charge < -0.3 is 10.1 Å². The Morgan fingerprint density at radius 2 is 2.21 bits per heavy atom. The Morgan fingerprint density at radius 3 is 2.74 bits per heavy atom. The molecule has 1 aliphatic carbocycles. The Balaban J connectivity index is 2.06. The Hall–Kier alpha value is -1.10. The molecule has 0 amide bonds. The number of carbonyl (C=O) groups is 1. The van der Waals surface area contributed by atoms with E-state index in [1.54, 1.807) is 0 Å². The van der Waals surface area contributed by atoms with Crippen LogP contribution < -0.4 is 5.32 Å². The number of hydrogen-bond acceptors (Lipinski definition) is 5. The molecule has 0 saturated heterocycles. The van der Waals surface area contributed by atoms with E-state index in [-0.39, 0.29) is 5.97 Å². The molecule has 1 saturated carbocycles. The lowest BCUT2D eigenvalue weighted by Gasteiger charge is -2.41. The van der Waals surface area contributed by atoms with Gasteiger partial charge in [-0.25, -0.2) is 4.79 Å². The molecule has 0 atom stereocenters. The number of hydrogen-bond donors (Lipinski definition) is 1. The summed E-state index contributed by atoms with van der Waals surface area (Å²) in [4.78, 5) is 11.9. The van der Waals surface area contributed by atoms with E-state index in [0.717, 1.165) is 17.2 Å². The minimum Gasteiger partial charge on any atom is -0.462 e. The van der Waals surface area contributed by atoms with Crippen molar-refractivity contribution in [2.45, 2.75) is 46.5 Å². The van der Waals surface area contributed by atoms with Crippen LogP contribution in [0.1, 0.15) is 55.6 Å². The van der Waals surface area contributed by atoms with Crippen LogP contribution in [0, 0.1) is 12.3 Å². The molecule has 1 fully saturated rings. The molecule has 1 heterocycles. The van der Waals surface area contributed by atoms with Gasteiger partial charge in [0.1, 0.15) is 10.6 Å².